The Morgan fingerprint density at radius 1 is 0.449 bits per heavy atom. The van der Waals surface area contributed by atoms with Crippen LogP contribution >= 0.6 is 0 Å². The quantitative estimate of drug-likeness (QED) is 0.179. The maximum Gasteiger partial charge on any atom is 0.164 e. The summed E-state index contributed by atoms with van der Waals surface area (Å²) >= 11 is 0. The molecule has 0 amide bonds. The number of hydrogen-bond acceptors (Lipinski definition) is 4. The lowest BCUT2D eigenvalue weighted by atomic mass is 9.98. The summed E-state index contributed by atoms with van der Waals surface area (Å²) in [5.41, 5.74) is -1.44. The number of nitrogens with zero attached hydrogens (tertiary/aromatic N) is 3. The van der Waals surface area contributed by atoms with Gasteiger partial charge in [0, 0.05) is 33.0 Å². The molecule has 10 aromatic rings. The summed E-state index contributed by atoms with van der Waals surface area (Å²) in [6.45, 7) is 0. The zero-order valence-corrected chi connectivity index (χ0v) is 25.1. The van der Waals surface area contributed by atoms with E-state index in [1.54, 1.807) is 6.07 Å². The van der Waals surface area contributed by atoms with Crippen LogP contribution in [0.15, 0.2) is 168 Å². The van der Waals surface area contributed by atoms with Gasteiger partial charge in [0.15, 0.2) is 17.5 Å². The third kappa shape index (κ3) is 4.57. The number of fused-ring (bicyclic) bond motifs is 7. The normalized spacial score (nSPS) is 16.2. The highest BCUT2D eigenvalue weighted by Crippen LogP contribution is 2.41. The van der Waals surface area contributed by atoms with E-state index in [-0.39, 0.29) is 67.4 Å². The van der Waals surface area contributed by atoms with Gasteiger partial charge in [-0.25, -0.2) is 15.0 Å². The maximum absolute atomic E-state index is 9.62. The van der Waals surface area contributed by atoms with Gasteiger partial charge in [-0.15, -0.1) is 0 Å². The lowest BCUT2D eigenvalue weighted by Gasteiger charge is -2.12. The smallest absolute Gasteiger partial charge is 0.164 e. The summed E-state index contributed by atoms with van der Waals surface area (Å²) in [5, 5.41) is 2.98. The molecule has 0 fully saturated rings. The highest BCUT2D eigenvalue weighted by molar-refractivity contribution is 6.16. The van der Waals surface area contributed by atoms with E-state index in [1.807, 2.05) is 48.5 Å². The Bertz CT molecular complexity index is 3790. The molecule has 228 valence electrons. The van der Waals surface area contributed by atoms with Crippen molar-refractivity contribution in [3.05, 3.63) is 163 Å². The molecule has 0 atom stereocenters. The third-order valence-electron chi connectivity index (χ3n) is 8.36. The molecule has 0 saturated heterocycles. The molecular formula is C45H27N3O. The Labute approximate surface area is 304 Å². The van der Waals surface area contributed by atoms with E-state index in [0.717, 1.165) is 21.5 Å². The molecule has 49 heavy (non-hydrogen) atoms. The fourth-order valence-corrected chi connectivity index (χ4v) is 6.09. The molecule has 10 rings (SSSR count). The summed E-state index contributed by atoms with van der Waals surface area (Å²) < 4.78 is 146. The first-order valence-electron chi connectivity index (χ1n) is 23.1. The molecule has 0 saturated carbocycles. The first kappa shape index (κ1) is 16.0. The monoisotopic (exact) mass is 641 g/mol. The zero-order valence-electron chi connectivity index (χ0n) is 41.1. The van der Waals surface area contributed by atoms with E-state index < -0.39 is 102 Å². The predicted octanol–water partition coefficient (Wildman–Crippen LogP) is 11.9. The van der Waals surface area contributed by atoms with Gasteiger partial charge in [0.05, 0.1) is 21.9 Å². The first-order valence-corrected chi connectivity index (χ1v) is 15.1. The molecular weight excluding hydrogens is 599 g/mol. The molecule has 2 aromatic heterocycles. The minimum Gasteiger partial charge on any atom is -0.455 e. The SMILES string of the molecule is [2H]c1cc2c(oc3c(-c4c([2H])c([2H])c([2H])c([2H])c4[2H])c([2H])c([2H])c(-c4nc(-c5ccc6ccc7ccccc7c6c5)nc(-c5cc([2H])c6c([2H])c([2H])c([2H])c([2H])c6c5[2H])n4)c32)c([2H])c1[2H]. The van der Waals surface area contributed by atoms with Crippen LogP contribution in [0.5, 0.6) is 0 Å². The van der Waals surface area contributed by atoms with E-state index >= 15 is 0 Å². The second kappa shape index (κ2) is 11.0. The second-order valence-corrected chi connectivity index (χ2v) is 11.2. The number of benzene rings is 8. The minimum atomic E-state index is -0.724. The van der Waals surface area contributed by atoms with Crippen LogP contribution in [0.1, 0.15) is 21.9 Å². The van der Waals surface area contributed by atoms with Crippen LogP contribution in [0.25, 0.3) is 99.5 Å². The summed E-state index contributed by atoms with van der Waals surface area (Å²) in [5.74, 6) is -0.623. The van der Waals surface area contributed by atoms with E-state index in [4.69, 9.17) is 37.2 Å². The number of furan rings is 1. The number of para-hydroxylation sites is 1. The zero-order chi connectivity index (χ0) is 46.2. The Kier molecular flexibility index (Phi) is 3.57. The first-order chi connectivity index (χ1) is 30.9. The number of rotatable bonds is 4. The van der Waals surface area contributed by atoms with Gasteiger partial charge in [0.2, 0.25) is 0 Å². The highest BCUT2D eigenvalue weighted by Gasteiger charge is 2.21. The molecule has 0 radical (unpaired) electrons. The summed E-state index contributed by atoms with van der Waals surface area (Å²) in [7, 11) is 0. The van der Waals surface area contributed by atoms with Crippen LogP contribution in [-0.2, 0) is 0 Å². The molecule has 0 aliphatic carbocycles. The van der Waals surface area contributed by atoms with Crippen molar-refractivity contribution < 1.29 is 26.3 Å². The summed E-state index contributed by atoms with van der Waals surface area (Å²) in [6.07, 6.45) is 0. The van der Waals surface area contributed by atoms with Gasteiger partial charge in [0.25, 0.3) is 0 Å². The highest BCUT2D eigenvalue weighted by atomic mass is 16.3. The molecule has 4 nitrogen and oxygen atoms in total. The Morgan fingerprint density at radius 2 is 1.16 bits per heavy atom. The lowest BCUT2D eigenvalue weighted by molar-refractivity contribution is 0.670. The fraction of sp³-hybridized carbons (Fsp3) is 0. The molecule has 0 bridgehead atoms. The molecule has 0 aliphatic rings. The predicted molar refractivity (Wildman–Crippen MR) is 201 cm³/mol. The fourth-order valence-electron chi connectivity index (χ4n) is 6.09. The lowest BCUT2D eigenvalue weighted by Crippen LogP contribution is -2.01. The molecule has 0 unspecified atom stereocenters. The van der Waals surface area contributed by atoms with Crippen molar-refractivity contribution in [2.45, 2.75) is 0 Å². The van der Waals surface area contributed by atoms with E-state index in [1.165, 1.54) is 12.1 Å². The molecule has 8 aromatic carbocycles. The van der Waals surface area contributed by atoms with Crippen molar-refractivity contribution in [1.82, 2.24) is 15.0 Å². The number of aromatic nitrogens is 3. The van der Waals surface area contributed by atoms with Gasteiger partial charge >= 0.3 is 0 Å². The van der Waals surface area contributed by atoms with Gasteiger partial charge in [0.1, 0.15) is 11.2 Å². The molecule has 2 heterocycles. The van der Waals surface area contributed by atoms with Crippen molar-refractivity contribution in [3.8, 4) is 45.3 Å². The van der Waals surface area contributed by atoms with Gasteiger partial charge in [-0.1, -0.05) is 133 Å². The van der Waals surface area contributed by atoms with Crippen LogP contribution in [0.2, 0.25) is 0 Å². The van der Waals surface area contributed by atoms with Crippen LogP contribution in [0, 0.1) is 0 Å². The van der Waals surface area contributed by atoms with Gasteiger partial charge in [-0.2, -0.15) is 0 Å². The van der Waals surface area contributed by atoms with Crippen LogP contribution < -0.4 is 0 Å². The van der Waals surface area contributed by atoms with Crippen molar-refractivity contribution in [1.29, 1.82) is 0 Å². The van der Waals surface area contributed by atoms with Crippen molar-refractivity contribution in [2.75, 3.05) is 0 Å². The average Bonchev–Trinajstić information content (AvgIpc) is 3.67. The van der Waals surface area contributed by atoms with Crippen LogP contribution in [0.3, 0.4) is 0 Å². The topological polar surface area (TPSA) is 51.8 Å². The Morgan fingerprint density at radius 3 is 2.06 bits per heavy atom. The van der Waals surface area contributed by atoms with Gasteiger partial charge < -0.3 is 4.42 Å². The Hall–Kier alpha value is -6.65. The van der Waals surface area contributed by atoms with Crippen LogP contribution in [0.4, 0.5) is 0 Å². The molecule has 4 heteroatoms. The van der Waals surface area contributed by atoms with E-state index in [2.05, 4.69) is 0 Å². The van der Waals surface area contributed by atoms with E-state index in [0.29, 0.717) is 5.56 Å². The summed E-state index contributed by atoms with van der Waals surface area (Å²) in [4.78, 5) is 14.4. The third-order valence-corrected chi connectivity index (χ3v) is 8.36. The van der Waals surface area contributed by atoms with Crippen molar-refractivity contribution >= 4 is 54.3 Å². The van der Waals surface area contributed by atoms with Crippen molar-refractivity contribution in [2.24, 2.45) is 0 Å². The number of hydrogen-bond donors (Lipinski definition) is 0. The summed E-state index contributed by atoms with van der Waals surface area (Å²) in [6, 6.07) is 10.0. The average molecular weight is 642 g/mol. The second-order valence-electron chi connectivity index (χ2n) is 11.2. The Balaban J connectivity index is 1.37. The van der Waals surface area contributed by atoms with Crippen molar-refractivity contribution in [3.63, 3.8) is 0 Å². The van der Waals surface area contributed by atoms with Gasteiger partial charge in [-0.05, 0) is 68.1 Å². The maximum atomic E-state index is 9.62. The largest absolute Gasteiger partial charge is 0.455 e. The molecule has 0 N–H and O–H groups in total. The molecule has 0 aliphatic heterocycles. The van der Waals surface area contributed by atoms with Crippen LogP contribution in [-0.4, -0.2) is 15.0 Å². The van der Waals surface area contributed by atoms with Gasteiger partial charge in [-0.3, -0.25) is 0 Å². The molecule has 0 spiro atoms. The minimum absolute atomic E-state index is 0.0138. The van der Waals surface area contributed by atoms with E-state index in [9.17, 15) is 4.11 Å². The standard InChI is InChI=1S/C45H27N3O/c1-2-11-29(12-3-1)36-24-25-38(41-37-16-8-9-17-40(37)49-42(36)41)45-47-43(33-22-18-28-10-4-5-14-32(28)26-33)46-44(48-45)34-23-21-31-20-19-30-13-6-7-15-35(30)39(31)27-34/h1-27H/i1D,2D,3D,4D,5D,8D,9D,10D,11D,12D,14D,17D,18D,24D,25D,26D.